The Morgan fingerprint density at radius 3 is 2.02 bits per heavy atom. The molecule has 0 aliphatic carbocycles. The van der Waals surface area contributed by atoms with Crippen molar-refractivity contribution in [2.45, 2.75) is 36.0 Å². The third-order valence-corrected chi connectivity index (χ3v) is 13.5. The number of para-hydroxylation sites is 2. The van der Waals surface area contributed by atoms with Gasteiger partial charge in [0.25, 0.3) is 0 Å². The summed E-state index contributed by atoms with van der Waals surface area (Å²) < 4.78 is 22.2. The fraction of sp³-hybridized carbons (Fsp3) is 0.0926. The number of fused-ring (bicyclic) bond motifs is 3. The van der Waals surface area contributed by atoms with Crippen LogP contribution >= 0.6 is 11.8 Å². The van der Waals surface area contributed by atoms with E-state index in [1.54, 1.807) is 11.8 Å². The molecule has 0 radical (unpaired) electrons. The number of anilines is 5. The lowest BCUT2D eigenvalue weighted by Gasteiger charge is -2.42. The van der Waals surface area contributed by atoms with E-state index in [0.717, 1.165) is 90.6 Å². The van der Waals surface area contributed by atoms with Gasteiger partial charge in [-0.2, -0.15) is 0 Å². The van der Waals surface area contributed by atoms with Crippen molar-refractivity contribution in [3.8, 4) is 51.4 Å². The zero-order chi connectivity index (χ0) is 42.0. The zero-order valence-electron chi connectivity index (χ0n) is 34.7. The Bertz CT molecular complexity index is 3330. The van der Waals surface area contributed by atoms with Gasteiger partial charge in [0, 0.05) is 74.8 Å². The molecule has 9 heteroatoms. The van der Waals surface area contributed by atoms with E-state index in [2.05, 4.69) is 180 Å². The lowest BCUT2D eigenvalue weighted by molar-refractivity contribution is 0.443. The van der Waals surface area contributed by atoms with Gasteiger partial charge in [-0.3, -0.25) is 9.47 Å². The predicted octanol–water partition coefficient (Wildman–Crippen LogP) is 14.8. The highest BCUT2D eigenvalue weighted by atomic mass is 32.2. The molecule has 0 saturated carbocycles. The molecule has 0 bridgehead atoms. The molecule has 0 saturated heterocycles. The molecular formula is C54H39N5O3S. The van der Waals surface area contributed by atoms with Crippen LogP contribution < -0.4 is 28.9 Å². The van der Waals surface area contributed by atoms with Crippen molar-refractivity contribution in [3.05, 3.63) is 176 Å². The van der Waals surface area contributed by atoms with Crippen molar-refractivity contribution in [2.24, 2.45) is 0 Å². The quantitative estimate of drug-likeness (QED) is 0.164. The van der Waals surface area contributed by atoms with Crippen LogP contribution in [0.4, 0.5) is 28.4 Å². The summed E-state index contributed by atoms with van der Waals surface area (Å²) in [5.74, 6) is 5.60. The highest BCUT2D eigenvalue weighted by molar-refractivity contribution is 7.99. The van der Waals surface area contributed by atoms with E-state index in [1.807, 2.05) is 30.5 Å². The summed E-state index contributed by atoms with van der Waals surface area (Å²) >= 11 is 1.76. The topological polar surface area (TPSA) is 55.2 Å². The number of rotatable bonds is 6. The number of nitrogens with zero attached hydrogens (tertiary/aromatic N) is 5. The highest BCUT2D eigenvalue weighted by Crippen LogP contribution is 2.67. The van der Waals surface area contributed by atoms with E-state index in [-0.39, 0.29) is 5.41 Å². The summed E-state index contributed by atoms with van der Waals surface area (Å²) in [7, 11) is 0. The Morgan fingerprint density at radius 2 is 1.27 bits per heavy atom. The van der Waals surface area contributed by atoms with Gasteiger partial charge in [0.05, 0.1) is 17.7 Å². The molecule has 9 aromatic rings. The summed E-state index contributed by atoms with van der Waals surface area (Å²) in [5, 5.41) is 2.30. The van der Waals surface area contributed by atoms with Gasteiger partial charge in [-0.15, -0.1) is 0 Å². The van der Waals surface area contributed by atoms with E-state index in [9.17, 15) is 0 Å². The molecule has 0 N–H and O–H groups in total. The number of ether oxygens (including phenoxy) is 3. The Hall–Kier alpha value is -7.62. The normalized spacial score (nSPS) is 14.2. The molecule has 63 heavy (non-hydrogen) atoms. The van der Waals surface area contributed by atoms with Crippen molar-refractivity contribution < 1.29 is 14.2 Å². The predicted molar refractivity (Wildman–Crippen MR) is 254 cm³/mol. The lowest BCUT2D eigenvalue weighted by Crippen LogP contribution is -2.26. The first-order chi connectivity index (χ1) is 30.8. The van der Waals surface area contributed by atoms with Crippen LogP contribution in [0.25, 0.3) is 38.8 Å². The molecule has 13 rings (SSSR count). The third kappa shape index (κ3) is 5.73. The van der Waals surface area contributed by atoms with Crippen LogP contribution in [-0.2, 0) is 5.41 Å². The first-order valence-corrected chi connectivity index (χ1v) is 22.0. The number of hydrogen-bond acceptors (Lipinski definition) is 8. The van der Waals surface area contributed by atoms with E-state index in [1.165, 1.54) is 26.5 Å². The van der Waals surface area contributed by atoms with Gasteiger partial charge in [-0.25, -0.2) is 4.98 Å². The van der Waals surface area contributed by atoms with Gasteiger partial charge in [0.15, 0.2) is 23.0 Å². The molecule has 0 atom stereocenters. The van der Waals surface area contributed by atoms with Gasteiger partial charge in [-0.05, 0) is 94.9 Å². The van der Waals surface area contributed by atoms with Gasteiger partial charge < -0.3 is 24.0 Å². The summed E-state index contributed by atoms with van der Waals surface area (Å²) in [6.07, 6.45) is 6.12. The average molecular weight is 838 g/mol. The molecule has 0 unspecified atom stereocenters. The van der Waals surface area contributed by atoms with Crippen LogP contribution in [-0.4, -0.2) is 16.2 Å². The van der Waals surface area contributed by atoms with Crippen LogP contribution in [0.1, 0.15) is 26.3 Å². The monoisotopic (exact) mass is 837 g/mol. The van der Waals surface area contributed by atoms with Crippen LogP contribution in [0.5, 0.6) is 34.5 Å². The lowest BCUT2D eigenvalue weighted by atomic mass is 9.88. The largest absolute Gasteiger partial charge is 0.457 e. The first-order valence-electron chi connectivity index (χ1n) is 21.2. The molecule has 0 amide bonds. The third-order valence-electron chi connectivity index (χ3n) is 12.4. The fourth-order valence-electron chi connectivity index (χ4n) is 9.32. The summed E-state index contributed by atoms with van der Waals surface area (Å²) in [4.78, 5) is 14.0. The van der Waals surface area contributed by atoms with E-state index in [0.29, 0.717) is 6.67 Å². The van der Waals surface area contributed by atoms with Gasteiger partial charge in [-0.1, -0.05) is 87.1 Å². The SMILES string of the molecule is CC(C)(C)c1ccnc(-n2c3ccc(-c4ccccc4)cc3c3ccc(Oc4cccc(N5C=CN(c6cc7c8c(c6)Oc6cccc9c6N8c6c(cccc6S9)O7)C5)c4)cc32)c1. The number of pyridine rings is 1. The van der Waals surface area contributed by atoms with Gasteiger partial charge >= 0.3 is 0 Å². The Balaban J connectivity index is 0.814. The molecule has 4 aliphatic heterocycles. The Labute approximate surface area is 368 Å². The van der Waals surface area contributed by atoms with E-state index >= 15 is 0 Å². The maximum absolute atomic E-state index is 6.70. The summed E-state index contributed by atoms with van der Waals surface area (Å²) in [5.41, 5.74) is 10.8. The molecule has 7 aromatic carbocycles. The summed E-state index contributed by atoms with van der Waals surface area (Å²) in [6.45, 7) is 7.31. The highest BCUT2D eigenvalue weighted by Gasteiger charge is 2.41. The molecule has 6 heterocycles. The Morgan fingerprint density at radius 1 is 0.556 bits per heavy atom. The van der Waals surface area contributed by atoms with Gasteiger partial charge in [0.1, 0.15) is 34.4 Å². The van der Waals surface area contributed by atoms with Crippen molar-refractivity contribution >= 4 is 62.0 Å². The average Bonchev–Trinajstić information content (AvgIpc) is 3.93. The molecule has 304 valence electrons. The van der Waals surface area contributed by atoms with Crippen molar-refractivity contribution in [2.75, 3.05) is 21.4 Å². The minimum atomic E-state index is -0.0286. The fourth-order valence-corrected chi connectivity index (χ4v) is 10.4. The molecule has 8 nitrogen and oxygen atoms in total. The van der Waals surface area contributed by atoms with E-state index in [4.69, 9.17) is 19.2 Å². The van der Waals surface area contributed by atoms with Crippen LogP contribution in [0.3, 0.4) is 0 Å². The zero-order valence-corrected chi connectivity index (χ0v) is 35.6. The minimum Gasteiger partial charge on any atom is -0.457 e. The molecule has 0 spiro atoms. The second kappa shape index (κ2) is 13.4. The Kier molecular flexibility index (Phi) is 7.69. The first kappa shape index (κ1) is 36.1. The molecular weight excluding hydrogens is 799 g/mol. The molecule has 2 aromatic heterocycles. The van der Waals surface area contributed by atoms with Crippen LogP contribution in [0, 0.1) is 0 Å². The van der Waals surface area contributed by atoms with Crippen LogP contribution in [0.15, 0.2) is 180 Å². The van der Waals surface area contributed by atoms with Gasteiger partial charge in [0.2, 0.25) is 0 Å². The maximum Gasteiger partial charge on any atom is 0.157 e. The standard InChI is InChI=1S/C54H39N5O3S/c1-54(2,3)35-22-23-55-50(27-35)58-42-21-18-34(33-10-5-4-6-11-33)26-41(42)40-20-19-39(31-43(40)58)60-38-13-7-12-36(28-38)56-24-25-57(32-56)37-29-46-51-47(30-37)62-45-15-9-17-49-53(45)59(51)52-44(61-46)14-8-16-48(52)63-49/h4-31H,32H2,1-3H3. The molecule has 4 aliphatic rings. The minimum absolute atomic E-state index is 0.0286. The van der Waals surface area contributed by atoms with E-state index < -0.39 is 0 Å². The van der Waals surface area contributed by atoms with Crippen LogP contribution in [0.2, 0.25) is 0 Å². The van der Waals surface area contributed by atoms with Crippen molar-refractivity contribution in [3.63, 3.8) is 0 Å². The number of aromatic nitrogens is 2. The number of benzene rings is 7. The molecule has 0 fully saturated rings. The maximum atomic E-state index is 6.70. The second-order valence-electron chi connectivity index (χ2n) is 17.4. The smallest absolute Gasteiger partial charge is 0.157 e. The number of hydrogen-bond donors (Lipinski definition) is 0. The van der Waals surface area contributed by atoms with Crippen molar-refractivity contribution in [1.82, 2.24) is 9.55 Å². The van der Waals surface area contributed by atoms with Crippen molar-refractivity contribution in [1.29, 1.82) is 0 Å². The summed E-state index contributed by atoms with van der Waals surface area (Å²) in [6, 6.07) is 53.0. The second-order valence-corrected chi connectivity index (χ2v) is 18.5.